The Morgan fingerprint density at radius 3 is 2.75 bits per heavy atom. The maximum atomic E-state index is 12.0. The lowest BCUT2D eigenvalue weighted by molar-refractivity contribution is -0.132. The molecule has 0 unspecified atom stereocenters. The first-order chi connectivity index (χ1) is 7.44. The van der Waals surface area contributed by atoms with Crippen molar-refractivity contribution in [1.29, 1.82) is 5.26 Å². The SMILES string of the molecule is CN(CCC(F)(F)F)c1nnccc1C#N. The van der Waals surface area contributed by atoms with Gasteiger partial charge < -0.3 is 4.90 Å². The van der Waals surface area contributed by atoms with Gasteiger partial charge in [0.2, 0.25) is 0 Å². The zero-order valence-corrected chi connectivity index (χ0v) is 8.49. The molecule has 0 spiro atoms. The van der Waals surface area contributed by atoms with Gasteiger partial charge in [-0.15, -0.1) is 5.10 Å². The molecular formula is C9H9F3N4. The molecule has 0 amide bonds. The highest BCUT2D eigenvalue weighted by Gasteiger charge is 2.27. The largest absolute Gasteiger partial charge is 0.390 e. The molecule has 0 aliphatic rings. The Labute approximate surface area is 90.3 Å². The van der Waals surface area contributed by atoms with Crippen molar-refractivity contribution in [3.63, 3.8) is 0 Å². The normalized spacial score (nSPS) is 10.9. The van der Waals surface area contributed by atoms with Crippen LogP contribution in [0.5, 0.6) is 0 Å². The van der Waals surface area contributed by atoms with Crippen LogP contribution in [0.25, 0.3) is 0 Å². The zero-order valence-electron chi connectivity index (χ0n) is 8.49. The minimum atomic E-state index is -4.22. The first-order valence-corrected chi connectivity index (χ1v) is 4.43. The fourth-order valence-electron chi connectivity index (χ4n) is 1.09. The second-order valence-electron chi connectivity index (χ2n) is 3.17. The second kappa shape index (κ2) is 4.79. The summed E-state index contributed by atoms with van der Waals surface area (Å²) in [7, 11) is 1.44. The Hall–Kier alpha value is -1.84. The lowest BCUT2D eigenvalue weighted by Gasteiger charge is -2.18. The lowest BCUT2D eigenvalue weighted by Crippen LogP contribution is -2.25. The van der Waals surface area contributed by atoms with Crippen molar-refractivity contribution in [3.05, 3.63) is 17.8 Å². The molecule has 0 fully saturated rings. The quantitative estimate of drug-likeness (QED) is 0.793. The summed E-state index contributed by atoms with van der Waals surface area (Å²) in [6.45, 7) is -0.253. The Morgan fingerprint density at radius 2 is 2.19 bits per heavy atom. The van der Waals surface area contributed by atoms with Gasteiger partial charge in [-0.05, 0) is 6.07 Å². The molecule has 0 aliphatic carbocycles. The van der Waals surface area contributed by atoms with E-state index in [0.29, 0.717) is 0 Å². The van der Waals surface area contributed by atoms with Gasteiger partial charge in [0, 0.05) is 13.6 Å². The Balaban J connectivity index is 2.74. The van der Waals surface area contributed by atoms with Crippen LogP contribution < -0.4 is 4.90 Å². The van der Waals surface area contributed by atoms with Gasteiger partial charge in [0.05, 0.1) is 18.2 Å². The molecule has 86 valence electrons. The minimum absolute atomic E-state index is 0.161. The second-order valence-corrected chi connectivity index (χ2v) is 3.17. The van der Waals surface area contributed by atoms with Gasteiger partial charge in [-0.3, -0.25) is 0 Å². The number of hydrogen-bond acceptors (Lipinski definition) is 4. The van der Waals surface area contributed by atoms with Crippen LogP contribution in [0.15, 0.2) is 12.3 Å². The van der Waals surface area contributed by atoms with Crippen molar-refractivity contribution in [2.45, 2.75) is 12.6 Å². The summed E-state index contributed by atoms with van der Waals surface area (Å²) in [5.41, 5.74) is 0.208. The van der Waals surface area contributed by atoms with Gasteiger partial charge in [0.15, 0.2) is 5.82 Å². The van der Waals surface area contributed by atoms with Crippen LogP contribution >= 0.6 is 0 Å². The average Bonchev–Trinajstić information content (AvgIpc) is 2.25. The summed E-state index contributed by atoms with van der Waals surface area (Å²) >= 11 is 0. The molecule has 0 aliphatic heterocycles. The van der Waals surface area contributed by atoms with Gasteiger partial charge in [-0.2, -0.15) is 23.5 Å². The predicted octanol–water partition coefficient (Wildman–Crippen LogP) is 1.74. The number of nitriles is 1. The highest BCUT2D eigenvalue weighted by atomic mass is 19.4. The van der Waals surface area contributed by atoms with Crippen LogP contribution in [0.4, 0.5) is 19.0 Å². The lowest BCUT2D eigenvalue weighted by atomic mass is 10.3. The average molecular weight is 230 g/mol. The summed E-state index contributed by atoms with van der Waals surface area (Å²) in [4.78, 5) is 1.26. The molecule has 0 saturated carbocycles. The van der Waals surface area contributed by atoms with Crippen LogP contribution in [0.1, 0.15) is 12.0 Å². The third-order valence-electron chi connectivity index (χ3n) is 1.91. The van der Waals surface area contributed by atoms with Crippen LogP contribution in [-0.2, 0) is 0 Å². The van der Waals surface area contributed by atoms with Gasteiger partial charge in [-0.25, -0.2) is 0 Å². The maximum Gasteiger partial charge on any atom is 0.390 e. The fourth-order valence-corrected chi connectivity index (χ4v) is 1.09. The van der Waals surface area contributed by atoms with Crippen LogP contribution in [0.3, 0.4) is 0 Å². The third-order valence-corrected chi connectivity index (χ3v) is 1.91. The maximum absolute atomic E-state index is 12.0. The highest BCUT2D eigenvalue weighted by Crippen LogP contribution is 2.21. The monoisotopic (exact) mass is 230 g/mol. The van der Waals surface area contributed by atoms with Crippen molar-refractivity contribution in [3.8, 4) is 6.07 Å². The van der Waals surface area contributed by atoms with Crippen molar-refractivity contribution in [2.75, 3.05) is 18.5 Å². The number of hydrogen-bond donors (Lipinski definition) is 0. The molecule has 1 heterocycles. The highest BCUT2D eigenvalue weighted by molar-refractivity contribution is 5.51. The molecule has 0 aromatic carbocycles. The van der Waals surface area contributed by atoms with Gasteiger partial charge >= 0.3 is 6.18 Å². The Kier molecular flexibility index (Phi) is 3.66. The molecule has 1 rings (SSSR count). The van der Waals surface area contributed by atoms with Crippen molar-refractivity contribution < 1.29 is 13.2 Å². The van der Waals surface area contributed by atoms with E-state index in [1.165, 1.54) is 24.2 Å². The molecule has 0 bridgehead atoms. The molecule has 0 atom stereocenters. The van der Waals surface area contributed by atoms with Crippen LogP contribution in [-0.4, -0.2) is 30.0 Å². The molecule has 4 nitrogen and oxygen atoms in total. The van der Waals surface area contributed by atoms with Crippen molar-refractivity contribution in [2.24, 2.45) is 0 Å². The van der Waals surface area contributed by atoms with Gasteiger partial charge in [-0.1, -0.05) is 0 Å². The van der Waals surface area contributed by atoms with E-state index >= 15 is 0 Å². The third kappa shape index (κ3) is 3.38. The number of halogens is 3. The number of aromatic nitrogens is 2. The molecule has 0 radical (unpaired) electrons. The van der Waals surface area contributed by atoms with E-state index in [2.05, 4.69) is 10.2 Å². The summed E-state index contributed by atoms with van der Waals surface area (Å²) in [5, 5.41) is 15.9. The number of anilines is 1. The van der Waals surface area contributed by atoms with Gasteiger partial charge in [0.1, 0.15) is 6.07 Å². The van der Waals surface area contributed by atoms with E-state index < -0.39 is 12.6 Å². The summed E-state index contributed by atoms with van der Waals surface area (Å²) in [5.74, 6) is 0.161. The molecule has 0 N–H and O–H groups in total. The smallest absolute Gasteiger partial charge is 0.357 e. The summed E-state index contributed by atoms with van der Waals surface area (Å²) < 4.78 is 36.0. The number of rotatable bonds is 3. The minimum Gasteiger partial charge on any atom is -0.357 e. The van der Waals surface area contributed by atoms with E-state index in [1.54, 1.807) is 0 Å². The Morgan fingerprint density at radius 1 is 1.50 bits per heavy atom. The summed E-state index contributed by atoms with van der Waals surface area (Å²) in [6, 6.07) is 3.26. The topological polar surface area (TPSA) is 52.8 Å². The molecular weight excluding hydrogens is 221 g/mol. The molecule has 1 aromatic rings. The fraction of sp³-hybridized carbons (Fsp3) is 0.444. The van der Waals surface area contributed by atoms with E-state index in [1.807, 2.05) is 6.07 Å². The zero-order chi connectivity index (χ0) is 12.2. The number of nitrogens with zero attached hydrogens (tertiary/aromatic N) is 4. The first kappa shape index (κ1) is 12.2. The van der Waals surface area contributed by atoms with Crippen molar-refractivity contribution in [1.82, 2.24) is 10.2 Å². The van der Waals surface area contributed by atoms with Crippen molar-refractivity contribution >= 4 is 5.82 Å². The standard InChI is InChI=1S/C9H9F3N4/c1-16(5-3-9(10,11)12)8-7(6-13)2-4-14-15-8/h2,4H,3,5H2,1H3. The van der Waals surface area contributed by atoms with E-state index in [4.69, 9.17) is 5.26 Å². The molecule has 7 heteroatoms. The molecule has 16 heavy (non-hydrogen) atoms. The molecule has 0 saturated heterocycles. The Bertz CT molecular complexity index is 396. The van der Waals surface area contributed by atoms with E-state index in [0.717, 1.165) is 0 Å². The first-order valence-electron chi connectivity index (χ1n) is 4.43. The summed E-state index contributed by atoms with van der Waals surface area (Å²) in [6.07, 6.45) is -3.85. The number of alkyl halides is 3. The van der Waals surface area contributed by atoms with E-state index in [-0.39, 0.29) is 17.9 Å². The molecule has 1 aromatic heterocycles. The predicted molar refractivity (Wildman–Crippen MR) is 50.7 cm³/mol. The van der Waals surface area contributed by atoms with Crippen LogP contribution in [0.2, 0.25) is 0 Å². The van der Waals surface area contributed by atoms with E-state index in [9.17, 15) is 13.2 Å². The van der Waals surface area contributed by atoms with Gasteiger partial charge in [0.25, 0.3) is 0 Å². The van der Waals surface area contributed by atoms with Crippen LogP contribution in [0, 0.1) is 11.3 Å².